The van der Waals surface area contributed by atoms with Gasteiger partial charge < -0.3 is 5.11 Å². The normalized spacial score (nSPS) is 17.4. The van der Waals surface area contributed by atoms with Crippen LogP contribution in [0, 0.1) is 5.92 Å². The number of hydrogen-bond donors (Lipinski definition) is 1. The first-order valence-electron chi connectivity index (χ1n) is 7.17. The van der Waals surface area contributed by atoms with Gasteiger partial charge in [0.2, 0.25) is 0 Å². The summed E-state index contributed by atoms with van der Waals surface area (Å²) in [5.74, 6) is 0.415. The van der Waals surface area contributed by atoms with Crippen molar-refractivity contribution in [3.63, 3.8) is 0 Å². The lowest BCUT2D eigenvalue weighted by Gasteiger charge is -2.30. The second-order valence-electron chi connectivity index (χ2n) is 5.56. The van der Waals surface area contributed by atoms with Gasteiger partial charge in [-0.05, 0) is 44.0 Å². The largest absolute Gasteiger partial charge is 0.396 e. The van der Waals surface area contributed by atoms with Crippen LogP contribution < -0.4 is 5.56 Å². The predicted molar refractivity (Wildman–Crippen MR) is 81.6 cm³/mol. The SMILES string of the molecule is O=c1cc(CN2CCC(CO)CC2)nc2ccc(Cl)cn12. The molecule has 3 heterocycles. The molecule has 1 aliphatic rings. The number of halogens is 1. The van der Waals surface area contributed by atoms with Crippen LogP contribution in [0.3, 0.4) is 0 Å². The molecule has 2 aromatic rings. The maximum atomic E-state index is 12.1. The van der Waals surface area contributed by atoms with Crippen molar-refractivity contribution >= 4 is 17.2 Å². The number of rotatable bonds is 3. The van der Waals surface area contributed by atoms with E-state index in [2.05, 4.69) is 9.88 Å². The second-order valence-corrected chi connectivity index (χ2v) is 6.00. The Morgan fingerprint density at radius 3 is 2.81 bits per heavy atom. The number of likely N-dealkylation sites (tertiary alicyclic amines) is 1. The zero-order valence-corrected chi connectivity index (χ0v) is 12.5. The average molecular weight is 308 g/mol. The molecular weight excluding hydrogens is 290 g/mol. The average Bonchev–Trinajstić information content (AvgIpc) is 2.49. The summed E-state index contributed by atoms with van der Waals surface area (Å²) in [6, 6.07) is 5.06. The number of nitrogens with zero attached hydrogens (tertiary/aromatic N) is 3. The van der Waals surface area contributed by atoms with Gasteiger partial charge in [0, 0.05) is 25.4 Å². The maximum Gasteiger partial charge on any atom is 0.258 e. The zero-order chi connectivity index (χ0) is 14.8. The molecule has 0 saturated carbocycles. The van der Waals surface area contributed by atoms with Crippen LogP contribution in [0.25, 0.3) is 5.65 Å². The molecule has 0 aliphatic carbocycles. The minimum atomic E-state index is -0.109. The molecule has 5 nitrogen and oxygen atoms in total. The third-order valence-electron chi connectivity index (χ3n) is 4.03. The molecular formula is C15H18ClN3O2. The monoisotopic (exact) mass is 307 g/mol. The van der Waals surface area contributed by atoms with Crippen LogP contribution in [0.15, 0.2) is 29.2 Å². The van der Waals surface area contributed by atoms with Crippen LogP contribution in [0.4, 0.5) is 0 Å². The van der Waals surface area contributed by atoms with Gasteiger partial charge in [-0.25, -0.2) is 4.98 Å². The molecule has 1 fully saturated rings. The summed E-state index contributed by atoms with van der Waals surface area (Å²) in [5.41, 5.74) is 1.29. The van der Waals surface area contributed by atoms with Crippen molar-refractivity contribution in [2.45, 2.75) is 19.4 Å². The predicted octanol–water partition coefficient (Wildman–Crippen LogP) is 1.55. The van der Waals surface area contributed by atoms with E-state index in [0.717, 1.165) is 31.6 Å². The van der Waals surface area contributed by atoms with Crippen LogP contribution in [-0.2, 0) is 6.54 Å². The summed E-state index contributed by atoms with van der Waals surface area (Å²) in [6.45, 7) is 2.82. The highest BCUT2D eigenvalue weighted by atomic mass is 35.5. The standard InChI is InChI=1S/C15H18ClN3O2/c16-12-1-2-14-17-13(7-15(21)19(14)8-12)9-18-5-3-11(10-20)4-6-18/h1-2,7-8,11,20H,3-6,9-10H2. The number of hydrogen-bond acceptors (Lipinski definition) is 4. The molecule has 0 bridgehead atoms. The van der Waals surface area contributed by atoms with E-state index in [0.29, 0.717) is 23.1 Å². The first-order valence-corrected chi connectivity index (χ1v) is 7.54. The smallest absolute Gasteiger partial charge is 0.258 e. The third kappa shape index (κ3) is 3.26. The van der Waals surface area contributed by atoms with E-state index in [9.17, 15) is 4.79 Å². The Labute approximate surface area is 127 Å². The first-order chi connectivity index (χ1) is 10.2. The maximum absolute atomic E-state index is 12.1. The summed E-state index contributed by atoms with van der Waals surface area (Å²) in [6.07, 6.45) is 3.58. The topological polar surface area (TPSA) is 57.8 Å². The van der Waals surface area contributed by atoms with E-state index in [1.807, 2.05) is 0 Å². The Hall–Kier alpha value is -1.43. The van der Waals surface area contributed by atoms with Crippen molar-refractivity contribution in [1.82, 2.24) is 14.3 Å². The van der Waals surface area contributed by atoms with Crippen molar-refractivity contribution in [1.29, 1.82) is 0 Å². The van der Waals surface area contributed by atoms with Gasteiger partial charge in [0.1, 0.15) is 5.65 Å². The Balaban J connectivity index is 1.79. The lowest BCUT2D eigenvalue weighted by atomic mass is 9.98. The van der Waals surface area contributed by atoms with E-state index < -0.39 is 0 Å². The second kappa shape index (κ2) is 6.13. The molecule has 112 valence electrons. The number of aliphatic hydroxyl groups excluding tert-OH is 1. The van der Waals surface area contributed by atoms with E-state index in [1.165, 1.54) is 4.40 Å². The lowest BCUT2D eigenvalue weighted by Crippen LogP contribution is -2.35. The van der Waals surface area contributed by atoms with Gasteiger partial charge in [0.15, 0.2) is 0 Å². The molecule has 1 aliphatic heterocycles. The summed E-state index contributed by atoms with van der Waals surface area (Å²) in [4.78, 5) is 18.9. The number of aliphatic hydroxyl groups is 1. The van der Waals surface area contributed by atoms with E-state index in [-0.39, 0.29) is 12.2 Å². The Kier molecular flexibility index (Phi) is 4.24. The van der Waals surface area contributed by atoms with Crippen LogP contribution in [-0.4, -0.2) is 39.1 Å². The van der Waals surface area contributed by atoms with E-state index >= 15 is 0 Å². The molecule has 0 aromatic carbocycles. The highest BCUT2D eigenvalue weighted by Gasteiger charge is 2.19. The lowest BCUT2D eigenvalue weighted by molar-refractivity contribution is 0.126. The van der Waals surface area contributed by atoms with Crippen LogP contribution in [0.5, 0.6) is 0 Å². The van der Waals surface area contributed by atoms with Crippen LogP contribution in [0.1, 0.15) is 18.5 Å². The van der Waals surface area contributed by atoms with Gasteiger partial charge in [-0.2, -0.15) is 0 Å². The Bertz CT molecular complexity index is 693. The molecule has 0 radical (unpaired) electrons. The van der Waals surface area contributed by atoms with Crippen molar-refractivity contribution in [2.75, 3.05) is 19.7 Å². The molecule has 6 heteroatoms. The minimum Gasteiger partial charge on any atom is -0.396 e. The van der Waals surface area contributed by atoms with Gasteiger partial charge in [-0.3, -0.25) is 14.1 Å². The van der Waals surface area contributed by atoms with E-state index in [1.54, 1.807) is 24.4 Å². The minimum absolute atomic E-state index is 0.109. The van der Waals surface area contributed by atoms with Gasteiger partial charge in [-0.1, -0.05) is 11.6 Å². The van der Waals surface area contributed by atoms with Crippen molar-refractivity contribution in [3.8, 4) is 0 Å². The highest BCUT2D eigenvalue weighted by Crippen LogP contribution is 2.18. The molecule has 21 heavy (non-hydrogen) atoms. The van der Waals surface area contributed by atoms with Gasteiger partial charge in [-0.15, -0.1) is 0 Å². The third-order valence-corrected chi connectivity index (χ3v) is 4.25. The van der Waals surface area contributed by atoms with Gasteiger partial charge >= 0.3 is 0 Å². The quantitative estimate of drug-likeness (QED) is 0.935. The molecule has 2 aromatic heterocycles. The van der Waals surface area contributed by atoms with Crippen molar-refractivity contribution < 1.29 is 5.11 Å². The first kappa shape index (κ1) is 14.5. The molecule has 1 saturated heterocycles. The highest BCUT2D eigenvalue weighted by molar-refractivity contribution is 6.30. The van der Waals surface area contributed by atoms with Crippen molar-refractivity contribution in [2.24, 2.45) is 5.92 Å². The van der Waals surface area contributed by atoms with Gasteiger partial charge in [0.25, 0.3) is 5.56 Å². The number of piperidine rings is 1. The molecule has 1 N–H and O–H groups in total. The molecule has 0 amide bonds. The summed E-state index contributed by atoms with van der Waals surface area (Å²) >= 11 is 5.90. The van der Waals surface area contributed by atoms with Crippen LogP contribution >= 0.6 is 11.6 Å². The fraction of sp³-hybridized carbons (Fsp3) is 0.467. The summed E-state index contributed by atoms with van der Waals surface area (Å²) < 4.78 is 1.46. The summed E-state index contributed by atoms with van der Waals surface area (Å²) in [5, 5.41) is 9.68. The number of pyridine rings is 1. The fourth-order valence-electron chi connectivity index (χ4n) is 2.76. The number of aromatic nitrogens is 2. The molecule has 3 rings (SSSR count). The van der Waals surface area contributed by atoms with Gasteiger partial charge in [0.05, 0.1) is 10.7 Å². The van der Waals surface area contributed by atoms with Crippen LogP contribution in [0.2, 0.25) is 5.02 Å². The summed E-state index contributed by atoms with van der Waals surface area (Å²) in [7, 11) is 0. The Morgan fingerprint density at radius 1 is 1.33 bits per heavy atom. The number of fused-ring (bicyclic) bond motifs is 1. The Morgan fingerprint density at radius 2 is 2.10 bits per heavy atom. The zero-order valence-electron chi connectivity index (χ0n) is 11.7. The molecule has 0 spiro atoms. The fourth-order valence-corrected chi connectivity index (χ4v) is 2.92. The molecule has 0 atom stereocenters. The van der Waals surface area contributed by atoms with E-state index in [4.69, 9.17) is 16.7 Å². The molecule has 0 unspecified atom stereocenters. The van der Waals surface area contributed by atoms with Crippen molar-refractivity contribution in [3.05, 3.63) is 45.5 Å².